The van der Waals surface area contributed by atoms with Crippen LogP contribution in [0.3, 0.4) is 0 Å². The minimum Gasteiger partial charge on any atom is -0.518 e. The first kappa shape index (κ1) is 17.7. The van der Waals surface area contributed by atoms with E-state index in [0.29, 0.717) is 23.0 Å². The molecule has 18 heavy (non-hydrogen) atoms. The Morgan fingerprint density at radius 3 is 1.72 bits per heavy atom. The van der Waals surface area contributed by atoms with Gasteiger partial charge in [0, 0.05) is 6.42 Å². The highest BCUT2D eigenvalue weighted by atomic mass is 28.4. The highest BCUT2D eigenvalue weighted by Gasteiger charge is 2.47. The summed E-state index contributed by atoms with van der Waals surface area (Å²) in [6.07, 6.45) is 3.83. The summed E-state index contributed by atoms with van der Waals surface area (Å²) in [5, 5.41) is 0. The maximum Gasteiger partial charge on any atom is 0.292 e. The second-order valence-electron chi connectivity index (χ2n) is 6.25. The molecule has 0 saturated heterocycles. The Bertz CT molecular complexity index is 225. The van der Waals surface area contributed by atoms with Crippen LogP contribution in [0.1, 0.15) is 74.1 Å². The minimum atomic E-state index is -2.00. The molecule has 3 heteroatoms. The first-order valence-electron chi connectivity index (χ1n) is 7.50. The molecule has 108 valence electrons. The Morgan fingerprint density at radius 2 is 1.39 bits per heavy atom. The molecule has 0 aromatic heterocycles. The van der Waals surface area contributed by atoms with Crippen molar-refractivity contribution in [3.05, 3.63) is 0 Å². The number of carbonyl (C=O) groups is 1. The van der Waals surface area contributed by atoms with Gasteiger partial charge in [0.15, 0.2) is 0 Å². The zero-order valence-electron chi connectivity index (χ0n) is 13.4. The van der Waals surface area contributed by atoms with Gasteiger partial charge in [0.25, 0.3) is 14.3 Å². The van der Waals surface area contributed by atoms with Crippen LogP contribution in [0, 0.1) is 0 Å². The fourth-order valence-electron chi connectivity index (χ4n) is 3.12. The van der Waals surface area contributed by atoms with Crippen molar-refractivity contribution < 1.29 is 9.22 Å². The van der Waals surface area contributed by atoms with Gasteiger partial charge in [0.2, 0.25) is 0 Å². The zero-order valence-corrected chi connectivity index (χ0v) is 14.4. The number of rotatable bonds is 8. The quantitative estimate of drug-likeness (QED) is 0.443. The van der Waals surface area contributed by atoms with Crippen LogP contribution in [0.5, 0.6) is 0 Å². The van der Waals surface area contributed by atoms with E-state index in [1.165, 1.54) is 0 Å². The highest BCUT2D eigenvalue weighted by molar-refractivity contribution is 6.78. The highest BCUT2D eigenvalue weighted by Crippen LogP contribution is 2.42. The SMILES string of the molecule is CCCCCC(=O)O[Si](C(C)C)(C(C)C)C(C)C. The van der Waals surface area contributed by atoms with E-state index >= 15 is 0 Å². The fourth-order valence-corrected chi connectivity index (χ4v) is 8.32. The lowest BCUT2D eigenvalue weighted by molar-refractivity contribution is -0.135. The van der Waals surface area contributed by atoms with Crippen LogP contribution in [0.4, 0.5) is 0 Å². The van der Waals surface area contributed by atoms with Gasteiger partial charge in [-0.2, -0.15) is 0 Å². The summed E-state index contributed by atoms with van der Waals surface area (Å²) in [5.41, 5.74) is 1.44. The van der Waals surface area contributed by atoms with Crippen molar-refractivity contribution in [2.45, 2.75) is 90.8 Å². The molecule has 0 spiro atoms. The van der Waals surface area contributed by atoms with Gasteiger partial charge >= 0.3 is 0 Å². The monoisotopic (exact) mass is 272 g/mol. The maximum atomic E-state index is 12.1. The van der Waals surface area contributed by atoms with Gasteiger partial charge in [-0.05, 0) is 23.0 Å². The van der Waals surface area contributed by atoms with E-state index in [0.717, 1.165) is 19.3 Å². The largest absolute Gasteiger partial charge is 0.518 e. The lowest BCUT2D eigenvalue weighted by atomic mass is 10.2. The number of carbonyl (C=O) groups excluding carboxylic acids is 1. The Labute approximate surface area is 115 Å². The molecular formula is C15H32O2Si. The van der Waals surface area contributed by atoms with Crippen LogP contribution >= 0.6 is 0 Å². The van der Waals surface area contributed by atoms with Crippen LogP contribution in [-0.4, -0.2) is 14.3 Å². The molecule has 0 fully saturated rings. The molecule has 0 N–H and O–H groups in total. The van der Waals surface area contributed by atoms with Crippen molar-refractivity contribution in [3.63, 3.8) is 0 Å². The Balaban J connectivity index is 4.74. The summed E-state index contributed by atoms with van der Waals surface area (Å²) in [7, 11) is -2.00. The summed E-state index contributed by atoms with van der Waals surface area (Å²) in [5.74, 6) is 0.0335. The molecule has 0 aromatic rings. The maximum absolute atomic E-state index is 12.1. The van der Waals surface area contributed by atoms with Gasteiger partial charge < -0.3 is 4.43 Å². The molecule has 0 amide bonds. The Morgan fingerprint density at radius 1 is 0.944 bits per heavy atom. The molecule has 0 bridgehead atoms. The van der Waals surface area contributed by atoms with Gasteiger partial charge in [0.1, 0.15) is 0 Å². The van der Waals surface area contributed by atoms with Crippen molar-refractivity contribution in [3.8, 4) is 0 Å². The van der Waals surface area contributed by atoms with E-state index in [2.05, 4.69) is 48.5 Å². The topological polar surface area (TPSA) is 26.3 Å². The predicted molar refractivity (Wildman–Crippen MR) is 81.3 cm³/mol. The Hall–Kier alpha value is -0.313. The molecule has 0 radical (unpaired) electrons. The number of unbranched alkanes of at least 4 members (excludes halogenated alkanes) is 2. The molecule has 0 rings (SSSR count). The van der Waals surface area contributed by atoms with E-state index < -0.39 is 8.32 Å². The number of hydrogen-bond acceptors (Lipinski definition) is 2. The molecule has 0 aliphatic heterocycles. The van der Waals surface area contributed by atoms with Crippen molar-refractivity contribution in [2.24, 2.45) is 0 Å². The van der Waals surface area contributed by atoms with E-state index in [4.69, 9.17) is 4.43 Å². The van der Waals surface area contributed by atoms with Gasteiger partial charge in [-0.3, -0.25) is 4.79 Å². The van der Waals surface area contributed by atoms with E-state index in [9.17, 15) is 4.79 Å². The average molecular weight is 273 g/mol. The molecule has 0 atom stereocenters. The van der Waals surface area contributed by atoms with Crippen LogP contribution < -0.4 is 0 Å². The standard InChI is InChI=1S/C15H32O2Si/c1-8-9-10-11-15(16)17-18(12(2)3,13(4)5)14(6)7/h12-14H,8-11H2,1-7H3. The minimum absolute atomic E-state index is 0.0335. The van der Waals surface area contributed by atoms with Crippen LogP contribution in [0.2, 0.25) is 16.6 Å². The van der Waals surface area contributed by atoms with E-state index in [-0.39, 0.29) is 5.97 Å². The lowest BCUT2D eigenvalue weighted by Crippen LogP contribution is -2.49. The van der Waals surface area contributed by atoms with Crippen LogP contribution in [-0.2, 0) is 9.22 Å². The average Bonchev–Trinajstić information content (AvgIpc) is 2.24. The van der Waals surface area contributed by atoms with Gasteiger partial charge in [-0.15, -0.1) is 0 Å². The first-order chi connectivity index (χ1) is 8.28. The van der Waals surface area contributed by atoms with Gasteiger partial charge in [0.05, 0.1) is 0 Å². The van der Waals surface area contributed by atoms with E-state index in [1.54, 1.807) is 0 Å². The van der Waals surface area contributed by atoms with Crippen LogP contribution in [0.15, 0.2) is 0 Å². The van der Waals surface area contributed by atoms with Crippen molar-refractivity contribution in [1.29, 1.82) is 0 Å². The summed E-state index contributed by atoms with van der Waals surface area (Å²) in [4.78, 5) is 12.1. The number of hydrogen-bond donors (Lipinski definition) is 0. The third-order valence-corrected chi connectivity index (χ3v) is 9.98. The molecule has 2 nitrogen and oxygen atoms in total. The molecular weight excluding hydrogens is 240 g/mol. The Kier molecular flexibility index (Phi) is 7.84. The molecule has 0 aliphatic rings. The third kappa shape index (κ3) is 4.41. The molecule has 0 heterocycles. The normalized spacial score (nSPS) is 12.6. The summed E-state index contributed by atoms with van der Waals surface area (Å²) in [6, 6.07) is 0. The molecule has 0 aliphatic carbocycles. The van der Waals surface area contributed by atoms with Crippen molar-refractivity contribution in [2.75, 3.05) is 0 Å². The summed E-state index contributed by atoms with van der Waals surface area (Å²) < 4.78 is 6.07. The van der Waals surface area contributed by atoms with E-state index in [1.807, 2.05) is 0 Å². The second kappa shape index (κ2) is 7.98. The van der Waals surface area contributed by atoms with Gasteiger partial charge in [-0.25, -0.2) is 0 Å². The second-order valence-corrected chi connectivity index (χ2v) is 11.6. The zero-order chi connectivity index (χ0) is 14.3. The third-order valence-electron chi connectivity index (χ3n) is 3.98. The van der Waals surface area contributed by atoms with Crippen molar-refractivity contribution in [1.82, 2.24) is 0 Å². The molecule has 0 unspecified atom stereocenters. The predicted octanol–water partition coefficient (Wildman–Crippen LogP) is 5.29. The molecule has 0 saturated carbocycles. The summed E-state index contributed by atoms with van der Waals surface area (Å²) in [6.45, 7) is 15.4. The fraction of sp³-hybridized carbons (Fsp3) is 0.933. The summed E-state index contributed by atoms with van der Waals surface area (Å²) >= 11 is 0. The van der Waals surface area contributed by atoms with Crippen LogP contribution in [0.25, 0.3) is 0 Å². The molecule has 0 aromatic carbocycles. The first-order valence-corrected chi connectivity index (χ1v) is 9.64. The van der Waals surface area contributed by atoms with Gasteiger partial charge in [-0.1, -0.05) is 61.3 Å². The lowest BCUT2D eigenvalue weighted by Gasteiger charge is -2.41. The smallest absolute Gasteiger partial charge is 0.292 e. The van der Waals surface area contributed by atoms with Crippen molar-refractivity contribution >= 4 is 14.3 Å².